The first-order valence-electron chi connectivity index (χ1n) is 12.5. The van der Waals surface area contributed by atoms with Gasteiger partial charge in [-0.2, -0.15) is 0 Å². The Balaban J connectivity index is 1.13. The fourth-order valence-corrected chi connectivity index (χ4v) is 4.48. The molecule has 6 heteroatoms. The third-order valence-corrected chi connectivity index (χ3v) is 6.56. The van der Waals surface area contributed by atoms with Crippen LogP contribution in [0.5, 0.6) is 5.75 Å². The van der Waals surface area contributed by atoms with Gasteiger partial charge in [0, 0.05) is 56.6 Å². The third kappa shape index (κ3) is 7.52. The van der Waals surface area contributed by atoms with Crippen molar-refractivity contribution >= 4 is 5.69 Å². The minimum Gasteiger partial charge on any atom is -0.492 e. The highest BCUT2D eigenvalue weighted by Gasteiger charge is 2.17. The van der Waals surface area contributed by atoms with Crippen LogP contribution in [0, 0.1) is 5.82 Å². The molecule has 1 aliphatic rings. The number of rotatable bonds is 11. The second-order valence-corrected chi connectivity index (χ2v) is 9.21. The number of para-hydroxylation sites is 1. The molecule has 0 radical (unpaired) electrons. The monoisotopic (exact) mass is 477 g/mol. The fourth-order valence-electron chi connectivity index (χ4n) is 4.48. The van der Waals surface area contributed by atoms with E-state index in [9.17, 15) is 9.50 Å². The molecule has 3 aromatic rings. The van der Waals surface area contributed by atoms with Gasteiger partial charge in [-0.05, 0) is 49.2 Å². The van der Waals surface area contributed by atoms with E-state index < -0.39 is 6.10 Å². The number of piperazine rings is 1. The van der Waals surface area contributed by atoms with Crippen LogP contribution in [-0.4, -0.2) is 61.9 Å². The number of ether oxygens (including phenoxy) is 1. The van der Waals surface area contributed by atoms with E-state index in [0.717, 1.165) is 44.9 Å². The minimum absolute atomic E-state index is 0.151. The summed E-state index contributed by atoms with van der Waals surface area (Å²) in [6, 6.07) is 25.3. The number of hydrogen-bond donors (Lipinski definition) is 2. The summed E-state index contributed by atoms with van der Waals surface area (Å²) in [7, 11) is 0. The van der Waals surface area contributed by atoms with Crippen molar-refractivity contribution in [2.75, 3.05) is 50.8 Å². The molecule has 186 valence electrons. The summed E-state index contributed by atoms with van der Waals surface area (Å²) in [5.41, 5.74) is 2.82. The van der Waals surface area contributed by atoms with Gasteiger partial charge in [0.25, 0.3) is 0 Å². The van der Waals surface area contributed by atoms with Gasteiger partial charge in [0.05, 0.1) is 6.10 Å². The molecule has 2 N–H and O–H groups in total. The van der Waals surface area contributed by atoms with Crippen LogP contribution in [-0.2, 0) is 6.42 Å². The van der Waals surface area contributed by atoms with E-state index in [4.69, 9.17) is 4.74 Å². The summed E-state index contributed by atoms with van der Waals surface area (Å²) in [6.07, 6.45) is -0.0496. The highest BCUT2D eigenvalue weighted by Crippen LogP contribution is 2.18. The molecule has 35 heavy (non-hydrogen) atoms. The Kier molecular flexibility index (Phi) is 9.12. The number of halogens is 1. The summed E-state index contributed by atoms with van der Waals surface area (Å²) >= 11 is 0. The van der Waals surface area contributed by atoms with Gasteiger partial charge in [-0.25, -0.2) is 4.39 Å². The van der Waals surface area contributed by atoms with Crippen LogP contribution in [0.3, 0.4) is 0 Å². The molecule has 1 saturated heterocycles. The molecule has 1 aliphatic heterocycles. The van der Waals surface area contributed by atoms with Crippen LogP contribution in [0.25, 0.3) is 0 Å². The number of aliphatic hydroxyl groups excluding tert-OH is 1. The van der Waals surface area contributed by atoms with Gasteiger partial charge in [0.1, 0.15) is 18.2 Å². The lowest BCUT2D eigenvalue weighted by molar-refractivity contribution is 0.166. The second-order valence-electron chi connectivity index (χ2n) is 9.21. The van der Waals surface area contributed by atoms with E-state index >= 15 is 0 Å². The van der Waals surface area contributed by atoms with Crippen molar-refractivity contribution in [3.8, 4) is 5.75 Å². The second kappa shape index (κ2) is 12.7. The predicted octanol–water partition coefficient (Wildman–Crippen LogP) is 4.28. The van der Waals surface area contributed by atoms with Crippen LogP contribution in [0.15, 0.2) is 78.9 Å². The van der Waals surface area contributed by atoms with E-state index in [1.54, 1.807) is 18.2 Å². The van der Waals surface area contributed by atoms with Crippen molar-refractivity contribution in [2.45, 2.75) is 25.5 Å². The highest BCUT2D eigenvalue weighted by molar-refractivity contribution is 5.46. The molecule has 1 heterocycles. The molecule has 0 saturated carbocycles. The zero-order chi connectivity index (χ0) is 24.5. The molecular formula is C29H36FN3O2. The van der Waals surface area contributed by atoms with Gasteiger partial charge in [0.2, 0.25) is 0 Å². The van der Waals surface area contributed by atoms with Crippen molar-refractivity contribution in [1.29, 1.82) is 0 Å². The van der Waals surface area contributed by atoms with Gasteiger partial charge in [-0.15, -0.1) is 0 Å². The Morgan fingerprint density at radius 3 is 2.31 bits per heavy atom. The summed E-state index contributed by atoms with van der Waals surface area (Å²) in [5, 5.41) is 13.6. The summed E-state index contributed by atoms with van der Waals surface area (Å²) < 4.78 is 19.8. The number of anilines is 1. The minimum atomic E-state index is -0.865. The summed E-state index contributed by atoms with van der Waals surface area (Å²) in [6.45, 7) is 8.16. The maximum Gasteiger partial charge on any atom is 0.129 e. The third-order valence-electron chi connectivity index (χ3n) is 6.56. The first-order valence-corrected chi connectivity index (χ1v) is 12.5. The molecule has 0 aromatic heterocycles. The van der Waals surface area contributed by atoms with Crippen molar-refractivity contribution in [2.24, 2.45) is 0 Å². The molecule has 5 nitrogen and oxygen atoms in total. The standard InChI is InChI=1S/C29H36FN3O2/c1-23(31-22-29(34)27-9-5-6-10-28(27)30)21-24-11-13-26(14-12-24)35-20-19-32-15-17-33(18-16-32)25-7-3-2-4-8-25/h2-14,23,29,31,34H,15-22H2,1H3. The van der Waals surface area contributed by atoms with Gasteiger partial charge in [0.15, 0.2) is 0 Å². The fraction of sp³-hybridized carbons (Fsp3) is 0.379. The van der Waals surface area contributed by atoms with Crippen LogP contribution in [0.1, 0.15) is 24.2 Å². The van der Waals surface area contributed by atoms with E-state index in [1.165, 1.54) is 17.3 Å². The first-order chi connectivity index (χ1) is 17.1. The first kappa shape index (κ1) is 25.2. The Labute approximate surface area is 208 Å². The van der Waals surface area contributed by atoms with E-state index in [1.807, 2.05) is 12.1 Å². The Morgan fingerprint density at radius 2 is 1.60 bits per heavy atom. The lowest BCUT2D eigenvalue weighted by atomic mass is 10.1. The Morgan fingerprint density at radius 1 is 0.914 bits per heavy atom. The lowest BCUT2D eigenvalue weighted by Crippen LogP contribution is -2.47. The Hall–Kier alpha value is -2.93. The average molecular weight is 478 g/mol. The largest absolute Gasteiger partial charge is 0.492 e. The van der Waals surface area contributed by atoms with Gasteiger partial charge >= 0.3 is 0 Å². The number of hydrogen-bond acceptors (Lipinski definition) is 5. The van der Waals surface area contributed by atoms with Gasteiger partial charge in [-0.3, -0.25) is 4.90 Å². The number of aliphatic hydroxyl groups is 1. The molecule has 4 rings (SSSR count). The number of nitrogens with one attached hydrogen (secondary N) is 1. The quantitative estimate of drug-likeness (QED) is 0.432. The number of benzene rings is 3. The van der Waals surface area contributed by atoms with Crippen LogP contribution >= 0.6 is 0 Å². The Bertz CT molecular complexity index is 1020. The normalized spacial score (nSPS) is 16.1. The predicted molar refractivity (Wildman–Crippen MR) is 140 cm³/mol. The molecule has 0 spiro atoms. The number of nitrogens with zero attached hydrogens (tertiary/aromatic N) is 2. The topological polar surface area (TPSA) is 48.0 Å². The maximum atomic E-state index is 13.8. The van der Waals surface area contributed by atoms with Crippen LogP contribution < -0.4 is 15.0 Å². The van der Waals surface area contributed by atoms with Gasteiger partial charge in [-0.1, -0.05) is 48.5 Å². The maximum absolute atomic E-state index is 13.8. The highest BCUT2D eigenvalue weighted by atomic mass is 19.1. The average Bonchev–Trinajstić information content (AvgIpc) is 2.89. The van der Waals surface area contributed by atoms with Crippen LogP contribution in [0.2, 0.25) is 0 Å². The molecular weight excluding hydrogens is 441 g/mol. The summed E-state index contributed by atoms with van der Waals surface area (Å²) in [4.78, 5) is 4.89. The molecule has 1 fully saturated rings. The molecule has 2 atom stereocenters. The zero-order valence-electron chi connectivity index (χ0n) is 20.4. The molecule has 3 aromatic carbocycles. The molecule has 0 aliphatic carbocycles. The van der Waals surface area contributed by atoms with Crippen molar-refractivity contribution in [3.63, 3.8) is 0 Å². The van der Waals surface area contributed by atoms with E-state index in [2.05, 4.69) is 64.5 Å². The molecule has 0 bridgehead atoms. The van der Waals surface area contributed by atoms with Crippen molar-refractivity contribution in [1.82, 2.24) is 10.2 Å². The van der Waals surface area contributed by atoms with Crippen molar-refractivity contribution in [3.05, 3.63) is 95.8 Å². The molecule has 0 amide bonds. The smallest absolute Gasteiger partial charge is 0.129 e. The van der Waals surface area contributed by atoms with Crippen molar-refractivity contribution < 1.29 is 14.2 Å². The lowest BCUT2D eigenvalue weighted by Gasteiger charge is -2.36. The SMILES string of the molecule is CC(Cc1ccc(OCCN2CCN(c3ccccc3)CC2)cc1)NCC(O)c1ccccc1F. The van der Waals surface area contributed by atoms with E-state index in [-0.39, 0.29) is 11.9 Å². The van der Waals surface area contributed by atoms with Gasteiger partial charge < -0.3 is 20.1 Å². The molecule has 2 unspecified atom stereocenters. The van der Waals surface area contributed by atoms with Crippen LogP contribution in [0.4, 0.5) is 10.1 Å². The zero-order valence-corrected chi connectivity index (χ0v) is 20.4. The van der Waals surface area contributed by atoms with E-state index in [0.29, 0.717) is 18.7 Å². The summed E-state index contributed by atoms with van der Waals surface area (Å²) in [5.74, 6) is 0.506.